The van der Waals surface area contributed by atoms with Crippen LogP contribution in [0.2, 0.25) is 0 Å². The van der Waals surface area contributed by atoms with E-state index in [9.17, 15) is 0 Å². The number of hydrogen-bond acceptors (Lipinski definition) is 3. The van der Waals surface area contributed by atoms with E-state index in [1.807, 2.05) is 0 Å². The molecule has 0 unspecified atom stereocenters. The van der Waals surface area contributed by atoms with Gasteiger partial charge in [-0.25, -0.2) is 0 Å². The Morgan fingerprint density at radius 2 is 0.312 bits per heavy atom. The van der Waals surface area contributed by atoms with Crippen LogP contribution in [0.4, 0.5) is 0 Å². The molecule has 0 bridgehead atoms. The molecule has 0 aromatic heterocycles. The molecular formula is H18FeN3O12. The fraction of sp³-hybridized carbons (Fsp3) is 0. The predicted molar refractivity (Wildman–Crippen MR) is 52.7 cm³/mol. The van der Waals surface area contributed by atoms with Crippen LogP contribution in [-0.2, 0) is 17.1 Å². The van der Waals surface area contributed by atoms with Crippen molar-refractivity contribution in [2.45, 2.75) is 0 Å². The smallest absolute Gasteiger partial charge is 0.577 e. The second-order valence-corrected chi connectivity index (χ2v) is 0. The molecular weight excluding hydrogens is 290 g/mol. The van der Waals surface area contributed by atoms with Gasteiger partial charge in [-0.15, -0.1) is 0 Å². The number of rotatable bonds is 0. The van der Waals surface area contributed by atoms with Crippen LogP contribution in [0, 0.1) is 14.7 Å². The van der Waals surface area contributed by atoms with Gasteiger partial charge in [0, 0.05) is 0 Å². The van der Waals surface area contributed by atoms with Crippen molar-refractivity contribution in [3.63, 3.8) is 0 Å². The van der Waals surface area contributed by atoms with Gasteiger partial charge in [0.1, 0.15) is 0 Å². The summed E-state index contributed by atoms with van der Waals surface area (Å²) in [5, 5.41) is 0. The van der Waals surface area contributed by atoms with Crippen molar-refractivity contribution in [3.05, 3.63) is 31.5 Å². The molecule has 113 valence electrons. The zero-order valence-electron chi connectivity index (χ0n) is 7.42. The maximum absolute atomic E-state index is 7.25. The molecule has 0 spiro atoms. The molecule has 0 atom stereocenters. The Morgan fingerprint density at radius 3 is 0.312 bits per heavy atom. The van der Waals surface area contributed by atoms with E-state index in [2.05, 4.69) is 0 Å². The van der Waals surface area contributed by atoms with Crippen molar-refractivity contribution in [1.82, 2.24) is 0 Å². The van der Waals surface area contributed by atoms with E-state index in [1.165, 1.54) is 0 Å². The largest absolute Gasteiger partial charge is 3.00 e. The second-order valence-electron chi connectivity index (χ2n) is 0. The van der Waals surface area contributed by atoms with Crippen molar-refractivity contribution < 1.29 is 66.4 Å². The predicted octanol–water partition coefficient (Wildman–Crippen LogP) is -6.46. The monoisotopic (exact) mass is 308 g/mol. The molecule has 0 saturated heterocycles. The van der Waals surface area contributed by atoms with Crippen LogP contribution in [0.5, 0.6) is 0 Å². The van der Waals surface area contributed by atoms with E-state index in [4.69, 9.17) is 31.5 Å². The molecule has 0 rings (SSSR count). The summed E-state index contributed by atoms with van der Waals surface area (Å²) in [5.41, 5.74) is 17.2. The number of nitrogens with zero attached hydrogens (tertiary/aromatic N) is 3. The van der Waals surface area contributed by atoms with Gasteiger partial charge >= 0.3 is 17.1 Å². The first-order valence-corrected chi connectivity index (χ1v) is 0.548. The molecule has 16 heavy (non-hydrogen) atoms. The van der Waals surface area contributed by atoms with Gasteiger partial charge in [0.15, 0.2) is 0 Å². The number of nitroso groups, excluding NO2 is 3. The van der Waals surface area contributed by atoms with Crippen LogP contribution >= 0.6 is 0 Å². The first-order chi connectivity index (χ1) is 3.00. The van der Waals surface area contributed by atoms with Gasteiger partial charge in [-0.05, 0) is 0 Å². The minimum absolute atomic E-state index is 0. The van der Waals surface area contributed by atoms with E-state index < -0.39 is 0 Å². The van der Waals surface area contributed by atoms with Gasteiger partial charge < -0.3 is 80.8 Å². The third-order valence-electron chi connectivity index (χ3n) is 0. The van der Waals surface area contributed by atoms with Crippen LogP contribution in [-0.4, -0.2) is 49.3 Å². The topological polar surface area (TPSA) is 402 Å². The minimum atomic E-state index is 0. The summed E-state index contributed by atoms with van der Waals surface area (Å²) >= 11 is 0. The molecule has 0 heterocycles. The minimum Gasteiger partial charge on any atom is -0.577 e. The molecule has 1 radical (unpaired) electrons. The van der Waals surface area contributed by atoms with Crippen molar-refractivity contribution in [2.75, 3.05) is 0 Å². The van der Waals surface area contributed by atoms with E-state index >= 15 is 0 Å². The zero-order chi connectivity index (χ0) is 6.00. The van der Waals surface area contributed by atoms with E-state index in [0.717, 1.165) is 0 Å². The first kappa shape index (κ1) is 759. The summed E-state index contributed by atoms with van der Waals surface area (Å²) in [5.74, 6) is 0. The normalized spacial score (nSPS) is 0.750. The van der Waals surface area contributed by atoms with Crippen LogP contribution in [0.15, 0.2) is 0 Å². The zero-order valence-corrected chi connectivity index (χ0v) is 8.52. The van der Waals surface area contributed by atoms with E-state index in [1.54, 1.807) is 0 Å². The summed E-state index contributed by atoms with van der Waals surface area (Å²) in [6.07, 6.45) is 0. The molecule has 0 fully saturated rings. The molecule has 0 aromatic carbocycles. The molecule has 0 saturated carbocycles. The molecule has 0 amide bonds. The Labute approximate surface area is 98.8 Å². The van der Waals surface area contributed by atoms with Gasteiger partial charge in [-0.2, -0.15) is 0 Å². The molecule has 16 heteroatoms. The second kappa shape index (κ2) is 2170. The standard InChI is InChI=1S/Fe.3NO.9H2O/c;3*1-2;;;;;;;;;/h;;;;9*1H2/q+3;3*-1;;;;;;;;;. The summed E-state index contributed by atoms with van der Waals surface area (Å²) in [7, 11) is 0. The fourth-order valence-corrected chi connectivity index (χ4v) is 0. The quantitative estimate of drug-likeness (QED) is 0.393. The van der Waals surface area contributed by atoms with Crippen molar-refractivity contribution in [3.8, 4) is 0 Å². The van der Waals surface area contributed by atoms with Gasteiger partial charge in [-0.1, -0.05) is 0 Å². The van der Waals surface area contributed by atoms with Crippen molar-refractivity contribution in [2.24, 2.45) is 0 Å². The van der Waals surface area contributed by atoms with Gasteiger partial charge in [0.25, 0.3) is 0 Å². The Hall–Kier alpha value is -1.04. The van der Waals surface area contributed by atoms with Crippen LogP contribution < -0.4 is 0 Å². The third-order valence-corrected chi connectivity index (χ3v) is 0. The van der Waals surface area contributed by atoms with Gasteiger partial charge in [0.05, 0.1) is 0 Å². The van der Waals surface area contributed by atoms with Crippen LogP contribution in [0.3, 0.4) is 0 Å². The Kier molecular flexibility index (Phi) is 103000. The number of hydrogen-bond donors (Lipinski definition) is 0. The fourth-order valence-electron chi connectivity index (χ4n) is 0. The SMILES string of the molecule is O.O.O.O.O.O.O.O.O.[Fe+3].[N-]=O.[N-]=O.[N-]=O. The average Bonchev–Trinajstić information content (AvgIpc) is 1.81. The Bertz CT molecular complexity index is 21.0. The maximum Gasteiger partial charge on any atom is 3.00 e. The van der Waals surface area contributed by atoms with Gasteiger partial charge in [-0.3, -0.25) is 0 Å². The molecule has 0 aliphatic carbocycles. The molecule has 18 N–H and O–H groups in total. The van der Waals surface area contributed by atoms with Crippen molar-refractivity contribution in [1.29, 1.82) is 0 Å². The van der Waals surface area contributed by atoms with E-state index in [-0.39, 0.29) is 66.4 Å². The maximum atomic E-state index is 7.25. The molecule has 0 aliphatic rings. The summed E-state index contributed by atoms with van der Waals surface area (Å²) in [6, 6.07) is 0. The van der Waals surface area contributed by atoms with Crippen LogP contribution in [0.1, 0.15) is 0 Å². The van der Waals surface area contributed by atoms with E-state index in [0.29, 0.717) is 0 Å². The Morgan fingerprint density at radius 1 is 0.312 bits per heavy atom. The summed E-state index contributed by atoms with van der Waals surface area (Å²) in [4.78, 5) is 21.8. The third kappa shape index (κ3) is 1710. The summed E-state index contributed by atoms with van der Waals surface area (Å²) < 4.78 is 0. The Balaban J connectivity index is -0.000000000584. The van der Waals surface area contributed by atoms with Crippen LogP contribution in [0.25, 0.3) is 16.8 Å². The molecule has 0 aromatic rings. The van der Waals surface area contributed by atoms with Crippen molar-refractivity contribution >= 4 is 0 Å². The first-order valence-electron chi connectivity index (χ1n) is 0.548. The molecule has 15 nitrogen and oxygen atoms in total. The van der Waals surface area contributed by atoms with Gasteiger partial charge in [0.2, 0.25) is 0 Å². The average molecular weight is 308 g/mol. The summed E-state index contributed by atoms with van der Waals surface area (Å²) in [6.45, 7) is 0. The molecule has 0 aliphatic heterocycles.